The SMILES string of the molecule is CNCc1cc(C(=O)N2CCN(C3CCC3)CC2)ccc1Oc1cccc(Cl)c1. The van der Waals surface area contributed by atoms with E-state index in [9.17, 15) is 4.79 Å². The average molecular weight is 414 g/mol. The molecule has 1 aliphatic carbocycles. The van der Waals surface area contributed by atoms with Crippen LogP contribution in [0.5, 0.6) is 11.5 Å². The number of amides is 1. The van der Waals surface area contributed by atoms with Crippen LogP contribution in [0.3, 0.4) is 0 Å². The molecule has 4 rings (SSSR count). The monoisotopic (exact) mass is 413 g/mol. The summed E-state index contributed by atoms with van der Waals surface area (Å²) in [7, 11) is 1.89. The van der Waals surface area contributed by atoms with Crippen molar-refractivity contribution in [2.24, 2.45) is 0 Å². The third kappa shape index (κ3) is 4.74. The molecule has 0 spiro atoms. The molecule has 0 bridgehead atoms. The second-order valence-corrected chi connectivity index (χ2v) is 8.26. The minimum atomic E-state index is 0.102. The molecule has 2 aromatic carbocycles. The summed E-state index contributed by atoms with van der Waals surface area (Å²) in [6.07, 6.45) is 3.98. The summed E-state index contributed by atoms with van der Waals surface area (Å²) in [5.74, 6) is 1.51. The molecule has 2 fully saturated rings. The minimum absolute atomic E-state index is 0.102. The molecule has 29 heavy (non-hydrogen) atoms. The third-order valence-corrected chi connectivity index (χ3v) is 6.13. The normalized spacial score (nSPS) is 17.8. The van der Waals surface area contributed by atoms with Gasteiger partial charge in [0.1, 0.15) is 11.5 Å². The summed E-state index contributed by atoms with van der Waals surface area (Å²) in [4.78, 5) is 17.6. The van der Waals surface area contributed by atoms with Gasteiger partial charge in [-0.1, -0.05) is 24.1 Å². The van der Waals surface area contributed by atoms with Gasteiger partial charge >= 0.3 is 0 Å². The van der Waals surface area contributed by atoms with Gasteiger partial charge in [0, 0.05) is 54.9 Å². The first kappa shape index (κ1) is 20.2. The lowest BCUT2D eigenvalue weighted by molar-refractivity contribution is 0.0455. The molecule has 2 aliphatic rings. The zero-order valence-electron chi connectivity index (χ0n) is 16.9. The standard InChI is InChI=1S/C23H28ClN3O2/c1-25-16-18-14-17(8-9-22(18)29-21-7-2-4-19(24)15-21)23(28)27-12-10-26(11-13-27)20-5-3-6-20/h2,4,7-9,14-15,20,25H,3,5-6,10-13,16H2,1H3. The zero-order valence-corrected chi connectivity index (χ0v) is 17.6. The predicted molar refractivity (Wildman–Crippen MR) is 116 cm³/mol. The van der Waals surface area contributed by atoms with E-state index in [0.29, 0.717) is 22.9 Å². The van der Waals surface area contributed by atoms with Gasteiger partial charge in [-0.05, 0) is 56.3 Å². The smallest absolute Gasteiger partial charge is 0.253 e. The first-order chi connectivity index (χ1) is 14.1. The van der Waals surface area contributed by atoms with Gasteiger partial charge in [0.05, 0.1) is 0 Å². The molecule has 2 aromatic rings. The maximum Gasteiger partial charge on any atom is 0.253 e. The molecule has 5 nitrogen and oxygen atoms in total. The van der Waals surface area contributed by atoms with Gasteiger partial charge in [0.25, 0.3) is 5.91 Å². The quantitative estimate of drug-likeness (QED) is 0.772. The van der Waals surface area contributed by atoms with Gasteiger partial charge in [-0.25, -0.2) is 0 Å². The lowest BCUT2D eigenvalue weighted by Crippen LogP contribution is -2.53. The number of halogens is 1. The van der Waals surface area contributed by atoms with Crippen molar-refractivity contribution in [3.63, 3.8) is 0 Å². The number of ether oxygens (including phenoxy) is 1. The van der Waals surface area contributed by atoms with Gasteiger partial charge in [-0.15, -0.1) is 0 Å². The average Bonchev–Trinajstić information content (AvgIpc) is 2.68. The van der Waals surface area contributed by atoms with E-state index in [1.165, 1.54) is 19.3 Å². The zero-order chi connectivity index (χ0) is 20.2. The predicted octanol–water partition coefficient (Wildman–Crippen LogP) is 4.16. The molecule has 1 aliphatic heterocycles. The van der Waals surface area contributed by atoms with E-state index in [1.807, 2.05) is 48.3 Å². The van der Waals surface area contributed by atoms with Crippen LogP contribution in [0.15, 0.2) is 42.5 Å². The highest BCUT2D eigenvalue weighted by Gasteiger charge is 2.29. The number of hydrogen-bond acceptors (Lipinski definition) is 4. The Morgan fingerprint density at radius 1 is 1.14 bits per heavy atom. The maximum absolute atomic E-state index is 13.1. The van der Waals surface area contributed by atoms with E-state index in [2.05, 4.69) is 10.2 Å². The highest BCUT2D eigenvalue weighted by molar-refractivity contribution is 6.30. The fourth-order valence-corrected chi connectivity index (χ4v) is 4.20. The molecule has 0 unspecified atom stereocenters. The van der Waals surface area contributed by atoms with Crippen molar-refractivity contribution in [2.45, 2.75) is 31.8 Å². The summed E-state index contributed by atoms with van der Waals surface area (Å²) in [5.41, 5.74) is 1.66. The van der Waals surface area contributed by atoms with Gasteiger partial charge in [0.15, 0.2) is 0 Å². The molecule has 0 atom stereocenters. The maximum atomic E-state index is 13.1. The Hall–Kier alpha value is -2.08. The number of hydrogen-bond donors (Lipinski definition) is 1. The van der Waals surface area contributed by atoms with Crippen molar-refractivity contribution in [3.8, 4) is 11.5 Å². The van der Waals surface area contributed by atoms with Crippen LogP contribution in [0.25, 0.3) is 0 Å². The van der Waals surface area contributed by atoms with Gasteiger partial charge in [-0.3, -0.25) is 9.69 Å². The van der Waals surface area contributed by atoms with Crippen LogP contribution in [0.2, 0.25) is 5.02 Å². The molecule has 154 valence electrons. The van der Waals surface area contributed by atoms with E-state index in [0.717, 1.165) is 43.5 Å². The fourth-order valence-electron chi connectivity index (χ4n) is 4.02. The van der Waals surface area contributed by atoms with Gasteiger partial charge in [0.2, 0.25) is 0 Å². The number of benzene rings is 2. The van der Waals surface area contributed by atoms with Crippen LogP contribution in [-0.2, 0) is 6.54 Å². The van der Waals surface area contributed by atoms with Crippen LogP contribution < -0.4 is 10.1 Å². The lowest BCUT2D eigenvalue weighted by atomic mass is 9.91. The number of rotatable bonds is 6. The van der Waals surface area contributed by atoms with E-state index >= 15 is 0 Å². The van der Waals surface area contributed by atoms with Crippen LogP contribution in [0.1, 0.15) is 35.2 Å². The van der Waals surface area contributed by atoms with Crippen LogP contribution in [0, 0.1) is 0 Å². The van der Waals surface area contributed by atoms with Crippen molar-refractivity contribution in [3.05, 3.63) is 58.6 Å². The molecule has 0 aromatic heterocycles. The highest BCUT2D eigenvalue weighted by Crippen LogP contribution is 2.29. The molecule has 1 saturated carbocycles. The Balaban J connectivity index is 1.46. The molecular weight excluding hydrogens is 386 g/mol. The highest BCUT2D eigenvalue weighted by atomic mass is 35.5. The van der Waals surface area contributed by atoms with Crippen molar-refractivity contribution in [1.82, 2.24) is 15.1 Å². The number of carbonyl (C=O) groups excluding carboxylic acids is 1. The fraction of sp³-hybridized carbons (Fsp3) is 0.435. The van der Waals surface area contributed by atoms with Crippen molar-refractivity contribution in [1.29, 1.82) is 0 Å². The molecule has 1 heterocycles. The number of piperazine rings is 1. The van der Waals surface area contributed by atoms with E-state index in [1.54, 1.807) is 6.07 Å². The second kappa shape index (κ2) is 9.16. The summed E-state index contributed by atoms with van der Waals surface area (Å²) in [5, 5.41) is 3.79. The molecule has 0 radical (unpaired) electrons. The lowest BCUT2D eigenvalue weighted by Gasteiger charge is -2.43. The number of carbonyl (C=O) groups is 1. The van der Waals surface area contributed by atoms with E-state index in [-0.39, 0.29) is 5.91 Å². The van der Waals surface area contributed by atoms with Crippen LogP contribution in [-0.4, -0.2) is 55.0 Å². The van der Waals surface area contributed by atoms with Crippen molar-refractivity contribution < 1.29 is 9.53 Å². The first-order valence-electron chi connectivity index (χ1n) is 10.4. The molecule has 1 N–H and O–H groups in total. The van der Waals surface area contributed by atoms with E-state index in [4.69, 9.17) is 16.3 Å². The molecule has 1 amide bonds. The van der Waals surface area contributed by atoms with E-state index < -0.39 is 0 Å². The summed E-state index contributed by atoms with van der Waals surface area (Å²) in [6.45, 7) is 4.19. The van der Waals surface area contributed by atoms with Crippen molar-refractivity contribution >= 4 is 17.5 Å². The topological polar surface area (TPSA) is 44.8 Å². The second-order valence-electron chi connectivity index (χ2n) is 7.83. The van der Waals surface area contributed by atoms with Crippen molar-refractivity contribution in [2.75, 3.05) is 33.2 Å². The Bertz CT molecular complexity index is 861. The Kier molecular flexibility index (Phi) is 6.38. The largest absolute Gasteiger partial charge is 0.457 e. The van der Waals surface area contributed by atoms with Gasteiger partial charge in [-0.2, -0.15) is 0 Å². The molecule has 1 saturated heterocycles. The van der Waals surface area contributed by atoms with Gasteiger partial charge < -0.3 is 15.0 Å². The van der Waals surface area contributed by atoms with Crippen LogP contribution >= 0.6 is 11.6 Å². The van der Waals surface area contributed by atoms with Crippen LogP contribution in [0.4, 0.5) is 0 Å². The summed E-state index contributed by atoms with van der Waals surface area (Å²) in [6, 6.07) is 13.8. The minimum Gasteiger partial charge on any atom is -0.457 e. The summed E-state index contributed by atoms with van der Waals surface area (Å²) < 4.78 is 6.03. The number of nitrogens with one attached hydrogen (secondary N) is 1. The Morgan fingerprint density at radius 3 is 2.59 bits per heavy atom. The summed E-state index contributed by atoms with van der Waals surface area (Å²) >= 11 is 6.06. The Labute approximate surface area is 177 Å². The number of nitrogens with zero attached hydrogens (tertiary/aromatic N) is 2. The first-order valence-corrected chi connectivity index (χ1v) is 10.8. The molecular formula is C23H28ClN3O2. The third-order valence-electron chi connectivity index (χ3n) is 5.89. The molecule has 6 heteroatoms. The Morgan fingerprint density at radius 2 is 1.93 bits per heavy atom.